The molecule has 0 aromatic rings. The number of amides is 1. The number of nitrogens with one attached hydrogen (secondary N) is 1. The summed E-state index contributed by atoms with van der Waals surface area (Å²) in [5.41, 5.74) is 0. The molecule has 1 aliphatic rings. The molecule has 4 nitrogen and oxygen atoms in total. The molecule has 1 unspecified atom stereocenters. The molecule has 1 saturated heterocycles. The van der Waals surface area contributed by atoms with Gasteiger partial charge in [0.05, 0.1) is 6.54 Å². The predicted molar refractivity (Wildman–Crippen MR) is 84.8 cm³/mol. The fraction of sp³-hybridized carbons (Fsp3) is 0.938. The van der Waals surface area contributed by atoms with E-state index in [1.165, 1.54) is 0 Å². The first-order valence-electron chi connectivity index (χ1n) is 8.15. The number of carbonyl (C=O) groups excluding carboxylic acids is 1. The summed E-state index contributed by atoms with van der Waals surface area (Å²) in [7, 11) is 2.19. The van der Waals surface area contributed by atoms with Crippen molar-refractivity contribution in [3.8, 4) is 0 Å². The number of hydrogen-bond acceptors (Lipinski definition) is 3. The van der Waals surface area contributed by atoms with Gasteiger partial charge in [-0.15, -0.1) is 0 Å². The maximum Gasteiger partial charge on any atom is 0.236 e. The average molecular weight is 283 g/mol. The van der Waals surface area contributed by atoms with E-state index in [1.54, 1.807) is 0 Å². The number of carbonyl (C=O) groups is 1. The second-order valence-corrected chi connectivity index (χ2v) is 6.55. The van der Waals surface area contributed by atoms with Gasteiger partial charge in [-0.25, -0.2) is 0 Å². The zero-order valence-electron chi connectivity index (χ0n) is 14.0. The lowest BCUT2D eigenvalue weighted by Crippen LogP contribution is -2.46. The molecular formula is C16H33N3O. The van der Waals surface area contributed by atoms with Crippen LogP contribution in [0.15, 0.2) is 0 Å². The van der Waals surface area contributed by atoms with Crippen LogP contribution < -0.4 is 5.32 Å². The second-order valence-electron chi connectivity index (χ2n) is 6.55. The molecule has 118 valence electrons. The number of nitrogens with zero attached hydrogens (tertiary/aromatic N) is 2. The molecule has 0 radical (unpaired) electrons. The highest BCUT2D eigenvalue weighted by atomic mass is 16.2. The predicted octanol–water partition coefficient (Wildman–Crippen LogP) is 1.95. The number of hydrogen-bond donors (Lipinski definition) is 1. The molecule has 0 aliphatic carbocycles. The monoisotopic (exact) mass is 283 g/mol. The molecule has 1 fully saturated rings. The topological polar surface area (TPSA) is 35.6 Å². The Morgan fingerprint density at radius 1 is 1.30 bits per heavy atom. The first-order valence-corrected chi connectivity index (χ1v) is 8.15. The molecule has 0 aromatic heterocycles. The molecule has 1 rings (SSSR count). The minimum atomic E-state index is 0.265. The molecule has 0 aromatic carbocycles. The molecule has 0 saturated carbocycles. The van der Waals surface area contributed by atoms with Crippen molar-refractivity contribution < 1.29 is 4.79 Å². The Bertz CT molecular complexity index is 285. The van der Waals surface area contributed by atoms with Crippen LogP contribution >= 0.6 is 0 Å². The molecule has 0 spiro atoms. The molecular weight excluding hydrogens is 250 g/mol. The van der Waals surface area contributed by atoms with Crippen LogP contribution in [-0.4, -0.2) is 61.0 Å². The number of piperidine rings is 1. The van der Waals surface area contributed by atoms with Gasteiger partial charge in [0.2, 0.25) is 5.91 Å². The van der Waals surface area contributed by atoms with E-state index in [0.717, 1.165) is 44.8 Å². The molecule has 1 amide bonds. The van der Waals surface area contributed by atoms with Crippen LogP contribution in [0.1, 0.15) is 47.0 Å². The van der Waals surface area contributed by atoms with Crippen molar-refractivity contribution in [1.82, 2.24) is 15.1 Å². The Balaban J connectivity index is 2.26. The summed E-state index contributed by atoms with van der Waals surface area (Å²) in [5, 5.41) is 3.29. The molecule has 1 heterocycles. The van der Waals surface area contributed by atoms with E-state index in [2.05, 4.69) is 45.0 Å². The van der Waals surface area contributed by atoms with Gasteiger partial charge in [0.15, 0.2) is 0 Å². The zero-order chi connectivity index (χ0) is 15.1. The molecule has 1 atom stereocenters. The van der Waals surface area contributed by atoms with Crippen LogP contribution in [-0.2, 0) is 4.79 Å². The summed E-state index contributed by atoms with van der Waals surface area (Å²) in [6.45, 7) is 12.2. The van der Waals surface area contributed by atoms with Gasteiger partial charge in [-0.2, -0.15) is 0 Å². The minimum absolute atomic E-state index is 0.265. The van der Waals surface area contributed by atoms with E-state index >= 15 is 0 Å². The second kappa shape index (κ2) is 8.63. The SMILES string of the molecule is CCC(C)NCC(=O)N1CCC(CN(C)C(C)C)CC1. The van der Waals surface area contributed by atoms with E-state index in [-0.39, 0.29) is 5.91 Å². The van der Waals surface area contributed by atoms with E-state index in [0.29, 0.717) is 18.6 Å². The quantitative estimate of drug-likeness (QED) is 0.776. The van der Waals surface area contributed by atoms with Gasteiger partial charge in [0.1, 0.15) is 0 Å². The van der Waals surface area contributed by atoms with Crippen molar-refractivity contribution >= 4 is 5.91 Å². The summed E-state index contributed by atoms with van der Waals surface area (Å²) >= 11 is 0. The first-order chi connectivity index (χ1) is 9.43. The smallest absolute Gasteiger partial charge is 0.236 e. The molecule has 1 aliphatic heterocycles. The Hall–Kier alpha value is -0.610. The molecule has 1 N–H and O–H groups in total. The third kappa shape index (κ3) is 5.80. The van der Waals surface area contributed by atoms with Crippen molar-refractivity contribution in [2.45, 2.75) is 59.0 Å². The van der Waals surface area contributed by atoms with Crippen molar-refractivity contribution in [3.63, 3.8) is 0 Å². The van der Waals surface area contributed by atoms with Crippen LogP contribution in [0.4, 0.5) is 0 Å². The van der Waals surface area contributed by atoms with Crippen LogP contribution in [0.3, 0.4) is 0 Å². The van der Waals surface area contributed by atoms with Crippen LogP contribution in [0.5, 0.6) is 0 Å². The number of likely N-dealkylation sites (tertiary alicyclic amines) is 1. The minimum Gasteiger partial charge on any atom is -0.342 e. The van der Waals surface area contributed by atoms with Gasteiger partial charge in [-0.3, -0.25) is 4.79 Å². The molecule has 0 bridgehead atoms. The van der Waals surface area contributed by atoms with Gasteiger partial charge in [-0.05, 0) is 53.0 Å². The Kier molecular flexibility index (Phi) is 7.52. The fourth-order valence-electron chi connectivity index (χ4n) is 2.50. The van der Waals surface area contributed by atoms with Crippen molar-refractivity contribution in [2.75, 3.05) is 33.2 Å². The van der Waals surface area contributed by atoms with Gasteiger partial charge in [0.25, 0.3) is 0 Å². The van der Waals surface area contributed by atoms with Crippen molar-refractivity contribution in [2.24, 2.45) is 5.92 Å². The van der Waals surface area contributed by atoms with Gasteiger partial charge < -0.3 is 15.1 Å². The van der Waals surface area contributed by atoms with Crippen molar-refractivity contribution in [1.29, 1.82) is 0 Å². The molecule has 20 heavy (non-hydrogen) atoms. The van der Waals surface area contributed by atoms with Crippen LogP contribution in [0, 0.1) is 5.92 Å². The van der Waals surface area contributed by atoms with E-state index < -0.39 is 0 Å². The van der Waals surface area contributed by atoms with Gasteiger partial charge in [-0.1, -0.05) is 6.92 Å². The summed E-state index contributed by atoms with van der Waals surface area (Å²) in [4.78, 5) is 16.5. The first kappa shape index (κ1) is 17.4. The van der Waals surface area contributed by atoms with E-state index in [9.17, 15) is 4.79 Å². The average Bonchev–Trinajstić information content (AvgIpc) is 2.44. The summed E-state index contributed by atoms with van der Waals surface area (Å²) in [6, 6.07) is 1.03. The van der Waals surface area contributed by atoms with E-state index in [1.807, 2.05) is 4.90 Å². The normalized spacial score (nSPS) is 18.9. The van der Waals surface area contributed by atoms with Crippen molar-refractivity contribution in [3.05, 3.63) is 0 Å². The van der Waals surface area contributed by atoms with Gasteiger partial charge in [0, 0.05) is 31.7 Å². The lowest BCUT2D eigenvalue weighted by molar-refractivity contribution is -0.131. The van der Waals surface area contributed by atoms with Gasteiger partial charge >= 0.3 is 0 Å². The lowest BCUT2D eigenvalue weighted by Gasteiger charge is -2.35. The maximum atomic E-state index is 12.1. The Morgan fingerprint density at radius 2 is 1.90 bits per heavy atom. The largest absolute Gasteiger partial charge is 0.342 e. The number of rotatable bonds is 7. The highest BCUT2D eigenvalue weighted by Crippen LogP contribution is 2.18. The lowest BCUT2D eigenvalue weighted by atomic mass is 9.96. The van der Waals surface area contributed by atoms with Crippen LogP contribution in [0.25, 0.3) is 0 Å². The standard InChI is InChI=1S/C16H33N3O/c1-6-14(4)17-11-16(20)19-9-7-15(8-10-19)12-18(5)13(2)3/h13-15,17H,6-12H2,1-5H3. The fourth-order valence-corrected chi connectivity index (χ4v) is 2.50. The third-order valence-electron chi connectivity index (χ3n) is 4.61. The highest BCUT2D eigenvalue weighted by molar-refractivity contribution is 5.78. The Morgan fingerprint density at radius 3 is 2.40 bits per heavy atom. The van der Waals surface area contributed by atoms with E-state index in [4.69, 9.17) is 0 Å². The summed E-state index contributed by atoms with van der Waals surface area (Å²) < 4.78 is 0. The Labute approximate surface area is 124 Å². The summed E-state index contributed by atoms with van der Waals surface area (Å²) in [5.74, 6) is 1.01. The highest BCUT2D eigenvalue weighted by Gasteiger charge is 2.23. The maximum absolute atomic E-state index is 12.1. The zero-order valence-corrected chi connectivity index (χ0v) is 14.0. The third-order valence-corrected chi connectivity index (χ3v) is 4.61. The molecule has 4 heteroatoms. The van der Waals surface area contributed by atoms with Crippen LogP contribution in [0.2, 0.25) is 0 Å². The summed E-state index contributed by atoms with van der Waals surface area (Å²) in [6.07, 6.45) is 3.36.